The Morgan fingerprint density at radius 2 is 1.93 bits per heavy atom. The van der Waals surface area contributed by atoms with E-state index in [9.17, 15) is 28.4 Å². The van der Waals surface area contributed by atoms with Crippen molar-refractivity contribution < 1.29 is 18.5 Å². The van der Waals surface area contributed by atoms with Crippen LogP contribution < -0.4 is 38.3 Å². The van der Waals surface area contributed by atoms with Gasteiger partial charge in [0.15, 0.2) is 5.82 Å². The molecule has 1 aliphatic heterocycles. The van der Waals surface area contributed by atoms with E-state index in [0.717, 1.165) is 17.2 Å². The molecule has 0 radical (unpaired) electrons. The number of benzene rings is 2. The van der Waals surface area contributed by atoms with Crippen LogP contribution in [-0.4, -0.2) is 27.7 Å². The molecule has 2 atom stereocenters. The number of nitrogens with two attached hydrogens (primary N) is 1. The highest BCUT2D eigenvalue weighted by Crippen LogP contribution is 2.35. The zero-order valence-corrected chi connectivity index (χ0v) is 23.8. The summed E-state index contributed by atoms with van der Waals surface area (Å²) in [5.41, 5.74) is 7.44. The second-order valence-electron chi connectivity index (χ2n) is 11.0. The number of H-pyrrole nitrogens is 1. The lowest BCUT2D eigenvalue weighted by Gasteiger charge is -2.22. The maximum atomic E-state index is 14.4. The molecule has 6 N–H and O–H groups in total. The van der Waals surface area contributed by atoms with Crippen LogP contribution in [0, 0.1) is 11.7 Å². The molecule has 1 unspecified atom stereocenters. The first kappa shape index (κ1) is 28.6. The molecule has 3 aliphatic rings. The number of anilines is 3. The molecule has 14 heteroatoms. The van der Waals surface area contributed by atoms with Crippen LogP contribution in [0.15, 0.2) is 95.9 Å². The van der Waals surface area contributed by atoms with Gasteiger partial charge in [0.25, 0.3) is 16.8 Å². The van der Waals surface area contributed by atoms with Gasteiger partial charge >= 0.3 is 5.76 Å². The molecule has 13 nitrogen and oxygen atoms in total. The van der Waals surface area contributed by atoms with Gasteiger partial charge in [0.1, 0.15) is 22.9 Å². The maximum absolute atomic E-state index is 14.4. The van der Waals surface area contributed by atoms with E-state index in [1.165, 1.54) is 18.2 Å². The number of fused-ring (bicyclic) bond motifs is 2. The van der Waals surface area contributed by atoms with E-state index >= 15 is 0 Å². The number of carbonyl (C=O) groups is 2. The Morgan fingerprint density at radius 1 is 1.09 bits per heavy atom. The van der Waals surface area contributed by atoms with Crippen LogP contribution in [0.3, 0.4) is 0 Å². The Bertz CT molecular complexity index is 2220. The maximum Gasteiger partial charge on any atom is 0.439 e. The first-order chi connectivity index (χ1) is 22.2. The predicted octanol–water partition coefficient (Wildman–Crippen LogP) is 1.96. The molecular formula is C32H24FN7O6. The van der Waals surface area contributed by atoms with Gasteiger partial charge in [0.2, 0.25) is 5.91 Å². The first-order valence-electron chi connectivity index (χ1n) is 14.3. The third kappa shape index (κ3) is 5.04. The summed E-state index contributed by atoms with van der Waals surface area (Å²) in [4.78, 5) is 68.3. The lowest BCUT2D eigenvalue weighted by Crippen LogP contribution is -2.36. The second kappa shape index (κ2) is 11.1. The molecule has 0 bridgehead atoms. The number of carbonyl (C=O) groups excluding carboxylic acids is 2. The van der Waals surface area contributed by atoms with Gasteiger partial charge in [-0.05, 0) is 59.9 Å². The number of aliphatic imine (C=N–C) groups is 1. The molecule has 230 valence electrons. The summed E-state index contributed by atoms with van der Waals surface area (Å²) in [6, 6.07) is 9.31. The number of aromatic amines is 1. The zero-order chi connectivity index (χ0) is 32.1. The summed E-state index contributed by atoms with van der Waals surface area (Å²) in [5.74, 6) is -2.32. The molecule has 2 aliphatic carbocycles. The number of amides is 2. The summed E-state index contributed by atoms with van der Waals surface area (Å²) < 4.78 is 19.0. The van der Waals surface area contributed by atoms with Crippen molar-refractivity contribution in [1.82, 2.24) is 20.8 Å². The number of nitrogen functional groups attached to an aromatic ring is 1. The van der Waals surface area contributed by atoms with E-state index in [4.69, 9.17) is 5.73 Å². The largest absolute Gasteiger partial charge is 0.439 e. The predicted molar refractivity (Wildman–Crippen MR) is 165 cm³/mol. The Kier molecular flexibility index (Phi) is 6.88. The number of aryl methyl sites for hydroxylation is 1. The van der Waals surface area contributed by atoms with Gasteiger partial charge in [-0.3, -0.25) is 28.7 Å². The fraction of sp³-hybridized carbons (Fsp3) is 0.156. The van der Waals surface area contributed by atoms with E-state index < -0.39 is 40.2 Å². The van der Waals surface area contributed by atoms with Crippen molar-refractivity contribution in [3.63, 3.8) is 0 Å². The molecule has 3 aromatic carbocycles. The van der Waals surface area contributed by atoms with Gasteiger partial charge in [-0.25, -0.2) is 14.2 Å². The number of dihydropyridines is 1. The summed E-state index contributed by atoms with van der Waals surface area (Å²) in [5, 5.41) is 12.1. The van der Waals surface area contributed by atoms with Gasteiger partial charge in [0, 0.05) is 17.7 Å². The van der Waals surface area contributed by atoms with Crippen molar-refractivity contribution in [1.29, 1.82) is 0 Å². The normalized spacial score (nSPS) is 18.0. The molecule has 0 fully saturated rings. The highest BCUT2D eigenvalue weighted by molar-refractivity contribution is 6.44. The van der Waals surface area contributed by atoms with Crippen LogP contribution in [0.1, 0.15) is 29.2 Å². The van der Waals surface area contributed by atoms with E-state index in [1.54, 1.807) is 24.3 Å². The number of aromatic nitrogens is 2. The molecule has 1 aromatic heterocycles. The standard InChI is InChI=1S/C32H24FN7O6/c33-20-8-4-14(10-23(20)37-26-25(34)27(41)28(26)42)13-35-30(43)19-12-24(36-21-3-1-2-18(19)21)31(44)38-22-9-6-15-11-16(5-7-17(15)22)29-39-32(45)46-40-29/h1-5,7-8,10-12,18,22,37H,6,9,13,34H2,(H,35,43)(H,38,44)(H,39,40,45)/t18?,22-/m0/s1. The SMILES string of the molecule is Nc1c(Nc2cc(CNC(=O)C3=CC(C(=O)N[C@H]4CCc5cc(-c6noc(=O)[nH]6)ccc54)=NC4=CC=CC43)ccc2F)c(=O)c1=O. The minimum atomic E-state index is -0.831. The topological polar surface area (TPSA) is 202 Å². The minimum absolute atomic E-state index is 0.00374. The minimum Gasteiger partial charge on any atom is -0.394 e. The van der Waals surface area contributed by atoms with Crippen LogP contribution in [0.4, 0.5) is 21.5 Å². The van der Waals surface area contributed by atoms with E-state index in [-0.39, 0.29) is 35.4 Å². The van der Waals surface area contributed by atoms with E-state index in [0.29, 0.717) is 41.1 Å². The second-order valence-corrected chi connectivity index (χ2v) is 11.0. The number of nitrogens with one attached hydrogen (secondary N) is 4. The molecule has 0 saturated heterocycles. The van der Waals surface area contributed by atoms with Crippen LogP contribution in [0.5, 0.6) is 0 Å². The van der Waals surface area contributed by atoms with Crippen LogP contribution in [-0.2, 0) is 22.6 Å². The molecule has 2 heterocycles. The Balaban J connectivity index is 1.05. The van der Waals surface area contributed by atoms with Gasteiger partial charge in [-0.1, -0.05) is 35.5 Å². The van der Waals surface area contributed by atoms with Crippen molar-refractivity contribution in [3.05, 3.63) is 125 Å². The Morgan fingerprint density at radius 3 is 2.72 bits per heavy atom. The third-order valence-electron chi connectivity index (χ3n) is 8.19. The highest BCUT2D eigenvalue weighted by atomic mass is 19.1. The fourth-order valence-electron chi connectivity index (χ4n) is 5.80. The molecule has 2 amide bonds. The van der Waals surface area contributed by atoms with Crippen molar-refractivity contribution in [2.24, 2.45) is 10.9 Å². The molecule has 0 spiro atoms. The average molecular weight is 622 g/mol. The average Bonchev–Trinajstić information content (AvgIpc) is 3.82. The van der Waals surface area contributed by atoms with Crippen molar-refractivity contribution in [3.8, 4) is 11.4 Å². The van der Waals surface area contributed by atoms with Gasteiger partial charge in [0.05, 0.1) is 23.3 Å². The lowest BCUT2D eigenvalue weighted by molar-refractivity contribution is -0.118. The monoisotopic (exact) mass is 621 g/mol. The fourth-order valence-corrected chi connectivity index (χ4v) is 5.80. The number of nitrogens with zero attached hydrogens (tertiary/aromatic N) is 2. The van der Waals surface area contributed by atoms with Crippen molar-refractivity contribution in [2.45, 2.75) is 25.4 Å². The molecular weight excluding hydrogens is 597 g/mol. The summed E-state index contributed by atoms with van der Waals surface area (Å²) in [6.45, 7) is 0.00374. The number of allylic oxidation sites excluding steroid dienone is 3. The molecule has 7 rings (SSSR count). The quantitative estimate of drug-likeness (QED) is 0.182. The lowest BCUT2D eigenvalue weighted by atomic mass is 9.92. The smallest absolute Gasteiger partial charge is 0.394 e. The molecule has 46 heavy (non-hydrogen) atoms. The van der Waals surface area contributed by atoms with Crippen molar-refractivity contribution >= 4 is 34.6 Å². The number of halogens is 1. The summed E-state index contributed by atoms with van der Waals surface area (Å²) in [6.07, 6.45) is 8.13. The van der Waals surface area contributed by atoms with Gasteiger partial charge in [-0.15, -0.1) is 0 Å². The summed E-state index contributed by atoms with van der Waals surface area (Å²) in [7, 11) is 0. The van der Waals surface area contributed by atoms with Crippen LogP contribution >= 0.6 is 0 Å². The molecule has 4 aromatic rings. The van der Waals surface area contributed by atoms with Gasteiger partial charge in [-0.2, -0.15) is 0 Å². The zero-order valence-electron chi connectivity index (χ0n) is 23.8. The highest BCUT2D eigenvalue weighted by Gasteiger charge is 2.32. The molecule has 0 saturated carbocycles. The van der Waals surface area contributed by atoms with Crippen LogP contribution in [0.25, 0.3) is 11.4 Å². The number of hydrogen-bond donors (Lipinski definition) is 5. The van der Waals surface area contributed by atoms with Crippen LogP contribution in [0.2, 0.25) is 0 Å². The third-order valence-corrected chi connectivity index (χ3v) is 8.19. The first-order valence-corrected chi connectivity index (χ1v) is 14.3. The van der Waals surface area contributed by atoms with Gasteiger partial charge < -0.3 is 21.7 Å². The summed E-state index contributed by atoms with van der Waals surface area (Å²) >= 11 is 0. The Labute approximate surface area is 258 Å². The van der Waals surface area contributed by atoms with Crippen molar-refractivity contribution in [2.75, 3.05) is 11.1 Å². The number of hydrogen-bond acceptors (Lipinski definition) is 10. The number of rotatable bonds is 8. The van der Waals surface area contributed by atoms with E-state index in [2.05, 4.69) is 35.6 Å². The Hall–Kier alpha value is -6.18. The van der Waals surface area contributed by atoms with E-state index in [1.807, 2.05) is 12.1 Å².